The SMILES string of the molecule is O=C(CCC1CCCNC1)NCCCC(=O)NC1CC1. The number of hydrogen-bond donors (Lipinski definition) is 3. The van der Waals surface area contributed by atoms with Crippen LogP contribution in [0.15, 0.2) is 0 Å². The van der Waals surface area contributed by atoms with Gasteiger partial charge in [-0.05, 0) is 57.5 Å². The Morgan fingerprint density at radius 2 is 1.95 bits per heavy atom. The molecule has 1 unspecified atom stereocenters. The van der Waals surface area contributed by atoms with E-state index in [1.54, 1.807) is 0 Å². The molecule has 1 saturated carbocycles. The van der Waals surface area contributed by atoms with Gasteiger partial charge in [0.1, 0.15) is 0 Å². The Kier molecular flexibility index (Phi) is 6.30. The smallest absolute Gasteiger partial charge is 0.220 e. The van der Waals surface area contributed by atoms with Gasteiger partial charge >= 0.3 is 0 Å². The molecule has 0 bridgehead atoms. The molecule has 1 saturated heterocycles. The third kappa shape index (κ3) is 6.37. The largest absolute Gasteiger partial charge is 0.356 e. The molecule has 5 nitrogen and oxygen atoms in total. The van der Waals surface area contributed by atoms with Crippen molar-refractivity contribution < 1.29 is 9.59 Å². The second kappa shape index (κ2) is 8.25. The molecule has 0 radical (unpaired) electrons. The van der Waals surface area contributed by atoms with Crippen molar-refractivity contribution in [1.29, 1.82) is 0 Å². The Balaban J connectivity index is 1.43. The second-order valence-corrected chi connectivity index (χ2v) is 6.05. The monoisotopic (exact) mass is 281 g/mol. The van der Waals surface area contributed by atoms with Gasteiger partial charge in [0, 0.05) is 25.4 Å². The molecule has 20 heavy (non-hydrogen) atoms. The lowest BCUT2D eigenvalue weighted by Crippen LogP contribution is -2.31. The number of nitrogens with one attached hydrogen (secondary N) is 3. The lowest BCUT2D eigenvalue weighted by molar-refractivity contribution is -0.123. The summed E-state index contributed by atoms with van der Waals surface area (Å²) in [6.07, 6.45) is 7.54. The summed E-state index contributed by atoms with van der Waals surface area (Å²) in [6, 6.07) is 0.432. The van der Waals surface area contributed by atoms with Gasteiger partial charge in [0.15, 0.2) is 0 Å². The molecular formula is C15H27N3O2. The van der Waals surface area contributed by atoms with Crippen LogP contribution in [-0.4, -0.2) is 37.5 Å². The summed E-state index contributed by atoms with van der Waals surface area (Å²) in [4.78, 5) is 23.1. The topological polar surface area (TPSA) is 70.2 Å². The van der Waals surface area contributed by atoms with Crippen LogP contribution in [0.3, 0.4) is 0 Å². The van der Waals surface area contributed by atoms with Crippen LogP contribution in [0.5, 0.6) is 0 Å². The predicted octanol–water partition coefficient (Wildman–Crippen LogP) is 0.941. The Hall–Kier alpha value is -1.10. The van der Waals surface area contributed by atoms with E-state index in [0.717, 1.165) is 38.8 Å². The lowest BCUT2D eigenvalue weighted by atomic mass is 9.94. The first-order chi connectivity index (χ1) is 9.74. The van der Waals surface area contributed by atoms with E-state index in [9.17, 15) is 9.59 Å². The number of amides is 2. The fourth-order valence-corrected chi connectivity index (χ4v) is 2.60. The summed E-state index contributed by atoms with van der Waals surface area (Å²) in [7, 11) is 0. The molecule has 2 amide bonds. The third-order valence-corrected chi connectivity index (χ3v) is 4.02. The summed E-state index contributed by atoms with van der Waals surface area (Å²) >= 11 is 0. The van der Waals surface area contributed by atoms with Gasteiger partial charge in [0.2, 0.25) is 11.8 Å². The minimum Gasteiger partial charge on any atom is -0.356 e. The molecule has 2 fully saturated rings. The van der Waals surface area contributed by atoms with E-state index >= 15 is 0 Å². The maximum Gasteiger partial charge on any atom is 0.220 e. The van der Waals surface area contributed by atoms with Crippen molar-refractivity contribution >= 4 is 11.8 Å². The number of rotatable bonds is 8. The summed E-state index contributed by atoms with van der Waals surface area (Å²) < 4.78 is 0. The lowest BCUT2D eigenvalue weighted by Gasteiger charge is -2.22. The zero-order chi connectivity index (χ0) is 14.2. The van der Waals surface area contributed by atoms with Gasteiger partial charge in [-0.15, -0.1) is 0 Å². The first kappa shape index (κ1) is 15.3. The molecule has 0 aromatic rings. The van der Waals surface area contributed by atoms with Crippen molar-refractivity contribution in [3.63, 3.8) is 0 Å². The summed E-state index contributed by atoms with van der Waals surface area (Å²) in [5, 5.41) is 9.23. The predicted molar refractivity (Wildman–Crippen MR) is 78.2 cm³/mol. The van der Waals surface area contributed by atoms with Crippen molar-refractivity contribution in [2.45, 2.75) is 57.4 Å². The van der Waals surface area contributed by atoms with Crippen molar-refractivity contribution in [1.82, 2.24) is 16.0 Å². The fraction of sp³-hybridized carbons (Fsp3) is 0.867. The van der Waals surface area contributed by atoms with E-state index in [-0.39, 0.29) is 11.8 Å². The standard InChI is InChI=1S/C15H27N3O2/c19-14(8-5-12-3-1-9-16-11-12)17-10-2-4-15(20)18-13-6-7-13/h12-13,16H,1-11H2,(H,17,19)(H,18,20). The maximum atomic E-state index is 11.7. The zero-order valence-electron chi connectivity index (χ0n) is 12.2. The summed E-state index contributed by atoms with van der Waals surface area (Å²) in [6.45, 7) is 2.78. The Morgan fingerprint density at radius 1 is 1.10 bits per heavy atom. The van der Waals surface area contributed by atoms with Crippen molar-refractivity contribution in [2.24, 2.45) is 5.92 Å². The van der Waals surface area contributed by atoms with E-state index in [1.807, 2.05) is 0 Å². The van der Waals surface area contributed by atoms with E-state index in [1.165, 1.54) is 12.8 Å². The van der Waals surface area contributed by atoms with Gasteiger partial charge in [0.25, 0.3) is 0 Å². The second-order valence-electron chi connectivity index (χ2n) is 6.05. The highest BCUT2D eigenvalue weighted by Gasteiger charge is 2.22. The number of carbonyl (C=O) groups is 2. The van der Waals surface area contributed by atoms with E-state index < -0.39 is 0 Å². The highest BCUT2D eigenvalue weighted by Crippen LogP contribution is 2.18. The number of carbonyl (C=O) groups excluding carboxylic acids is 2. The van der Waals surface area contributed by atoms with Crippen LogP contribution in [0.2, 0.25) is 0 Å². The van der Waals surface area contributed by atoms with E-state index in [2.05, 4.69) is 16.0 Å². The molecule has 0 aromatic heterocycles. The Bertz CT molecular complexity index is 323. The van der Waals surface area contributed by atoms with E-state index in [4.69, 9.17) is 0 Å². The molecular weight excluding hydrogens is 254 g/mol. The van der Waals surface area contributed by atoms with Gasteiger partial charge < -0.3 is 16.0 Å². The first-order valence-electron chi connectivity index (χ1n) is 8.01. The Labute approximate surface area is 121 Å². The first-order valence-corrected chi connectivity index (χ1v) is 8.01. The summed E-state index contributed by atoms with van der Waals surface area (Å²) in [5.41, 5.74) is 0. The van der Waals surface area contributed by atoms with Crippen molar-refractivity contribution in [3.8, 4) is 0 Å². The normalized spacial score (nSPS) is 22.3. The number of piperidine rings is 1. The van der Waals surface area contributed by atoms with Gasteiger partial charge in [0.05, 0.1) is 0 Å². The van der Waals surface area contributed by atoms with Crippen molar-refractivity contribution in [3.05, 3.63) is 0 Å². The maximum absolute atomic E-state index is 11.7. The minimum atomic E-state index is 0.120. The molecule has 1 heterocycles. The molecule has 1 aliphatic carbocycles. The fourth-order valence-electron chi connectivity index (χ4n) is 2.60. The molecule has 1 aliphatic heterocycles. The average molecular weight is 281 g/mol. The van der Waals surface area contributed by atoms with Crippen LogP contribution in [-0.2, 0) is 9.59 Å². The van der Waals surface area contributed by atoms with Crippen LogP contribution in [0.25, 0.3) is 0 Å². The van der Waals surface area contributed by atoms with Crippen LogP contribution >= 0.6 is 0 Å². The molecule has 1 atom stereocenters. The van der Waals surface area contributed by atoms with Crippen LogP contribution < -0.4 is 16.0 Å². The molecule has 114 valence electrons. The Morgan fingerprint density at radius 3 is 2.65 bits per heavy atom. The zero-order valence-corrected chi connectivity index (χ0v) is 12.2. The average Bonchev–Trinajstić information content (AvgIpc) is 3.26. The molecule has 2 rings (SSSR count). The van der Waals surface area contributed by atoms with Gasteiger partial charge in [-0.25, -0.2) is 0 Å². The van der Waals surface area contributed by atoms with Crippen LogP contribution in [0, 0.1) is 5.92 Å². The minimum absolute atomic E-state index is 0.120. The summed E-state index contributed by atoms with van der Waals surface area (Å²) in [5.74, 6) is 0.895. The highest BCUT2D eigenvalue weighted by molar-refractivity contribution is 5.77. The molecule has 0 spiro atoms. The molecule has 2 aliphatic rings. The quantitative estimate of drug-likeness (QED) is 0.580. The van der Waals surface area contributed by atoms with Crippen LogP contribution in [0.4, 0.5) is 0 Å². The highest BCUT2D eigenvalue weighted by atomic mass is 16.2. The molecule has 5 heteroatoms. The van der Waals surface area contributed by atoms with Gasteiger partial charge in [-0.1, -0.05) is 0 Å². The van der Waals surface area contributed by atoms with Gasteiger partial charge in [-0.3, -0.25) is 9.59 Å². The molecule has 3 N–H and O–H groups in total. The van der Waals surface area contributed by atoms with Gasteiger partial charge in [-0.2, -0.15) is 0 Å². The van der Waals surface area contributed by atoms with Crippen LogP contribution in [0.1, 0.15) is 51.4 Å². The van der Waals surface area contributed by atoms with E-state index in [0.29, 0.717) is 31.3 Å². The number of hydrogen-bond acceptors (Lipinski definition) is 3. The third-order valence-electron chi connectivity index (χ3n) is 4.02. The molecule has 0 aromatic carbocycles. The van der Waals surface area contributed by atoms with Crippen molar-refractivity contribution in [2.75, 3.05) is 19.6 Å².